The second-order valence-electron chi connectivity index (χ2n) is 4.15. The summed E-state index contributed by atoms with van der Waals surface area (Å²) in [6, 6.07) is -0.794. The van der Waals surface area contributed by atoms with Crippen LogP contribution in [0.4, 0.5) is 0 Å². The molecule has 0 saturated carbocycles. The van der Waals surface area contributed by atoms with E-state index < -0.39 is 12.0 Å². The molecule has 5 nitrogen and oxygen atoms in total. The van der Waals surface area contributed by atoms with E-state index in [1.165, 1.54) is 6.92 Å². The Kier molecular flexibility index (Phi) is 4.08. The van der Waals surface area contributed by atoms with Crippen LogP contribution >= 0.6 is 0 Å². The zero-order valence-corrected chi connectivity index (χ0v) is 9.19. The molecule has 0 bridgehead atoms. The molecule has 1 atom stereocenters. The Hall–Kier alpha value is -1.10. The van der Waals surface area contributed by atoms with E-state index >= 15 is 0 Å². The highest BCUT2D eigenvalue weighted by atomic mass is 16.4. The fraction of sp³-hybridized carbons (Fsp3) is 0.800. The highest BCUT2D eigenvalue weighted by Crippen LogP contribution is 2.15. The lowest BCUT2D eigenvalue weighted by Gasteiger charge is -2.28. The fourth-order valence-electron chi connectivity index (χ4n) is 1.66. The van der Waals surface area contributed by atoms with Crippen molar-refractivity contribution in [2.75, 3.05) is 20.1 Å². The Morgan fingerprint density at radius 1 is 1.40 bits per heavy atom. The van der Waals surface area contributed by atoms with Gasteiger partial charge >= 0.3 is 5.97 Å². The van der Waals surface area contributed by atoms with Crippen LogP contribution in [0.2, 0.25) is 0 Å². The first-order valence-corrected chi connectivity index (χ1v) is 5.22. The van der Waals surface area contributed by atoms with E-state index in [2.05, 4.69) is 10.2 Å². The molecule has 86 valence electrons. The lowest BCUT2D eigenvalue weighted by molar-refractivity contribution is -0.142. The van der Waals surface area contributed by atoms with Crippen LogP contribution in [-0.2, 0) is 9.59 Å². The van der Waals surface area contributed by atoms with Crippen molar-refractivity contribution >= 4 is 11.9 Å². The van der Waals surface area contributed by atoms with E-state index in [0.717, 1.165) is 25.9 Å². The predicted octanol–water partition coefficient (Wildman–Crippen LogP) is -0.0825. The van der Waals surface area contributed by atoms with Gasteiger partial charge in [-0.3, -0.25) is 9.59 Å². The van der Waals surface area contributed by atoms with Gasteiger partial charge < -0.3 is 15.3 Å². The Labute approximate surface area is 89.4 Å². The lowest BCUT2D eigenvalue weighted by atomic mass is 9.96. The van der Waals surface area contributed by atoms with Gasteiger partial charge in [-0.15, -0.1) is 0 Å². The van der Waals surface area contributed by atoms with Gasteiger partial charge in [0, 0.05) is 5.92 Å². The monoisotopic (exact) mass is 214 g/mol. The summed E-state index contributed by atoms with van der Waals surface area (Å²) >= 11 is 0. The van der Waals surface area contributed by atoms with Crippen LogP contribution < -0.4 is 5.32 Å². The highest BCUT2D eigenvalue weighted by molar-refractivity contribution is 5.84. The molecule has 0 aromatic carbocycles. The number of rotatable bonds is 3. The first-order valence-electron chi connectivity index (χ1n) is 5.22. The quantitative estimate of drug-likeness (QED) is 0.689. The first-order chi connectivity index (χ1) is 7.00. The topological polar surface area (TPSA) is 69.6 Å². The van der Waals surface area contributed by atoms with Crippen molar-refractivity contribution in [3.8, 4) is 0 Å². The maximum absolute atomic E-state index is 11.6. The van der Waals surface area contributed by atoms with Crippen LogP contribution in [0.1, 0.15) is 19.8 Å². The minimum atomic E-state index is -0.990. The molecule has 1 fully saturated rings. The second-order valence-corrected chi connectivity index (χ2v) is 4.15. The van der Waals surface area contributed by atoms with Gasteiger partial charge in [0.05, 0.1) is 0 Å². The maximum atomic E-state index is 11.6. The first kappa shape index (κ1) is 12.0. The molecule has 1 rings (SSSR count). The summed E-state index contributed by atoms with van der Waals surface area (Å²) in [6.45, 7) is 3.29. The Morgan fingerprint density at radius 2 is 1.93 bits per heavy atom. The van der Waals surface area contributed by atoms with E-state index in [4.69, 9.17) is 5.11 Å². The minimum Gasteiger partial charge on any atom is -0.480 e. The molecule has 1 amide bonds. The van der Waals surface area contributed by atoms with Crippen LogP contribution in [0.15, 0.2) is 0 Å². The lowest BCUT2D eigenvalue weighted by Crippen LogP contribution is -2.44. The number of carbonyl (C=O) groups is 2. The smallest absolute Gasteiger partial charge is 0.325 e. The fourth-order valence-corrected chi connectivity index (χ4v) is 1.66. The average Bonchev–Trinajstić information content (AvgIpc) is 2.18. The molecule has 5 heteroatoms. The van der Waals surface area contributed by atoms with Gasteiger partial charge in [-0.05, 0) is 39.9 Å². The minimum absolute atomic E-state index is 0.0250. The largest absolute Gasteiger partial charge is 0.480 e. The highest BCUT2D eigenvalue weighted by Gasteiger charge is 2.25. The molecule has 0 aromatic rings. The van der Waals surface area contributed by atoms with Gasteiger partial charge in [0.25, 0.3) is 0 Å². The third-order valence-corrected chi connectivity index (χ3v) is 2.82. The Balaban J connectivity index is 2.37. The summed E-state index contributed by atoms with van der Waals surface area (Å²) in [7, 11) is 2.02. The van der Waals surface area contributed by atoms with Crippen molar-refractivity contribution < 1.29 is 14.7 Å². The van der Waals surface area contributed by atoms with E-state index in [1.54, 1.807) is 0 Å². The molecule has 0 unspecified atom stereocenters. The number of hydrogen-bond donors (Lipinski definition) is 2. The van der Waals surface area contributed by atoms with Gasteiger partial charge in [-0.2, -0.15) is 0 Å². The third-order valence-electron chi connectivity index (χ3n) is 2.82. The molecule has 15 heavy (non-hydrogen) atoms. The number of nitrogens with zero attached hydrogens (tertiary/aromatic N) is 1. The van der Waals surface area contributed by atoms with Gasteiger partial charge in [-0.1, -0.05) is 0 Å². The molecular formula is C10H18N2O3. The van der Waals surface area contributed by atoms with Gasteiger partial charge in [0.1, 0.15) is 6.04 Å². The number of likely N-dealkylation sites (tertiary alicyclic amines) is 1. The molecule has 0 aliphatic carbocycles. The molecule has 1 aliphatic rings. The van der Waals surface area contributed by atoms with Crippen LogP contribution in [0.3, 0.4) is 0 Å². The average molecular weight is 214 g/mol. The molecule has 0 aromatic heterocycles. The van der Waals surface area contributed by atoms with Crippen molar-refractivity contribution in [1.82, 2.24) is 10.2 Å². The number of carboxylic acids is 1. The Morgan fingerprint density at radius 3 is 2.40 bits per heavy atom. The van der Waals surface area contributed by atoms with Crippen LogP contribution in [0.5, 0.6) is 0 Å². The number of aliphatic carboxylic acids is 1. The van der Waals surface area contributed by atoms with Gasteiger partial charge in [0.15, 0.2) is 0 Å². The van der Waals surface area contributed by atoms with Crippen LogP contribution in [0, 0.1) is 5.92 Å². The van der Waals surface area contributed by atoms with Crippen molar-refractivity contribution in [3.05, 3.63) is 0 Å². The van der Waals surface area contributed by atoms with Crippen molar-refractivity contribution in [2.24, 2.45) is 5.92 Å². The zero-order valence-electron chi connectivity index (χ0n) is 9.19. The summed E-state index contributed by atoms with van der Waals surface area (Å²) in [5.41, 5.74) is 0. The van der Waals surface area contributed by atoms with E-state index in [0.29, 0.717) is 0 Å². The van der Waals surface area contributed by atoms with Crippen molar-refractivity contribution in [1.29, 1.82) is 0 Å². The molecule has 2 N–H and O–H groups in total. The normalized spacial score (nSPS) is 20.9. The maximum Gasteiger partial charge on any atom is 0.325 e. The zero-order chi connectivity index (χ0) is 11.4. The summed E-state index contributed by atoms with van der Waals surface area (Å²) in [5, 5.41) is 11.2. The van der Waals surface area contributed by atoms with Gasteiger partial charge in [-0.25, -0.2) is 0 Å². The second kappa shape index (κ2) is 5.11. The van der Waals surface area contributed by atoms with Gasteiger partial charge in [0.2, 0.25) is 5.91 Å². The summed E-state index contributed by atoms with van der Waals surface area (Å²) < 4.78 is 0. The van der Waals surface area contributed by atoms with Crippen LogP contribution in [-0.4, -0.2) is 48.1 Å². The van der Waals surface area contributed by atoms with E-state index in [9.17, 15) is 9.59 Å². The van der Waals surface area contributed by atoms with Crippen molar-refractivity contribution in [2.45, 2.75) is 25.8 Å². The predicted molar refractivity (Wildman–Crippen MR) is 55.5 cm³/mol. The molecular weight excluding hydrogens is 196 g/mol. The number of carbonyl (C=O) groups excluding carboxylic acids is 1. The molecule has 1 heterocycles. The summed E-state index contributed by atoms with van der Waals surface area (Å²) in [6.07, 6.45) is 1.63. The molecule has 0 radical (unpaired) electrons. The standard InChI is InChI=1S/C10H18N2O3/c1-7(10(14)15)11-9(13)8-3-5-12(2)6-4-8/h7-8H,3-6H2,1-2H3,(H,11,13)(H,14,15)/t7-/m0/s1. The Bertz CT molecular complexity index is 247. The number of hydrogen-bond acceptors (Lipinski definition) is 3. The number of nitrogens with one attached hydrogen (secondary N) is 1. The molecule has 1 aliphatic heterocycles. The number of carboxylic acid groups (broad SMARTS) is 1. The van der Waals surface area contributed by atoms with Crippen LogP contribution in [0.25, 0.3) is 0 Å². The molecule has 1 saturated heterocycles. The van der Waals surface area contributed by atoms with Crippen molar-refractivity contribution in [3.63, 3.8) is 0 Å². The third kappa shape index (κ3) is 3.51. The number of amides is 1. The summed E-state index contributed by atoms with van der Waals surface area (Å²) in [5.74, 6) is -1.14. The summed E-state index contributed by atoms with van der Waals surface area (Å²) in [4.78, 5) is 24.3. The SMILES string of the molecule is C[C@H](NC(=O)C1CCN(C)CC1)C(=O)O. The van der Waals surface area contributed by atoms with E-state index in [1.807, 2.05) is 7.05 Å². The number of piperidine rings is 1. The molecule has 0 spiro atoms. The van der Waals surface area contributed by atoms with E-state index in [-0.39, 0.29) is 11.8 Å².